The van der Waals surface area contributed by atoms with Crippen LogP contribution in [0.2, 0.25) is 5.02 Å². The fraction of sp³-hybridized carbons (Fsp3) is 0.500. The van der Waals surface area contributed by atoms with Crippen molar-refractivity contribution < 1.29 is 13.2 Å². The van der Waals surface area contributed by atoms with Gasteiger partial charge in [-0.05, 0) is 24.3 Å². The van der Waals surface area contributed by atoms with Crippen molar-refractivity contribution in [3.05, 3.63) is 58.6 Å². The summed E-state index contributed by atoms with van der Waals surface area (Å²) in [5.74, 6) is 0. The molecule has 0 aliphatic carbocycles. The van der Waals surface area contributed by atoms with Gasteiger partial charge < -0.3 is 0 Å². The molecule has 2 aromatic heterocycles. The third kappa shape index (κ3) is 7.73. The smallest absolute Gasteiger partial charge is 0.260 e. The van der Waals surface area contributed by atoms with E-state index in [1.807, 2.05) is 32.9 Å². The molecule has 0 amide bonds. The van der Waals surface area contributed by atoms with Gasteiger partial charge in [0.2, 0.25) is 0 Å². The Hall–Kier alpha value is -1.62. The predicted molar refractivity (Wildman–Crippen MR) is 103 cm³/mol. The Bertz CT molecular complexity index is 632. The highest BCUT2D eigenvalue weighted by Gasteiger charge is 2.31. The molecule has 0 unspecified atom stereocenters. The summed E-state index contributed by atoms with van der Waals surface area (Å²) in [6.07, 6.45) is -1.74. The van der Waals surface area contributed by atoms with Gasteiger partial charge in [-0.3, -0.25) is 9.97 Å². The normalized spacial score (nSPS) is 11.9. The van der Waals surface area contributed by atoms with Crippen LogP contribution < -0.4 is 0 Å². The predicted octanol–water partition coefficient (Wildman–Crippen LogP) is 7.07. The minimum Gasteiger partial charge on any atom is -0.260 e. The zero-order valence-corrected chi connectivity index (χ0v) is 16.1. The summed E-state index contributed by atoms with van der Waals surface area (Å²) in [5.41, 5.74) is 0.923. The van der Waals surface area contributed by atoms with Crippen LogP contribution in [0.4, 0.5) is 13.2 Å². The molecule has 2 rings (SSSR count). The van der Waals surface area contributed by atoms with E-state index in [9.17, 15) is 13.2 Å². The summed E-state index contributed by atoms with van der Waals surface area (Å²) in [4.78, 5) is 8.01. The van der Waals surface area contributed by atoms with Gasteiger partial charge in [0.05, 0.1) is 10.6 Å². The molecular weight excluding hydrogens is 361 g/mol. The van der Waals surface area contributed by atoms with Gasteiger partial charge in [-0.1, -0.05) is 60.6 Å². The number of hydrogen-bond donors (Lipinski definition) is 0. The van der Waals surface area contributed by atoms with Gasteiger partial charge in [-0.25, -0.2) is 0 Å². The maximum Gasteiger partial charge on any atom is 0.417 e. The van der Waals surface area contributed by atoms with Crippen LogP contribution in [0.5, 0.6) is 0 Å². The maximum absolute atomic E-state index is 12.2. The average molecular weight is 389 g/mol. The van der Waals surface area contributed by atoms with Crippen molar-refractivity contribution in [2.24, 2.45) is 0 Å². The molecule has 0 atom stereocenters. The average Bonchev–Trinajstić information content (AvgIpc) is 2.46. The van der Waals surface area contributed by atoms with Crippen LogP contribution in [0, 0.1) is 0 Å². The number of halogens is 4. The van der Waals surface area contributed by atoms with Crippen LogP contribution in [0.15, 0.2) is 36.7 Å². The van der Waals surface area contributed by atoms with Gasteiger partial charge in [-0.2, -0.15) is 13.2 Å². The SMILES string of the molecule is C.CC(C)(C)c1ccc(C(F)(F)F)cn1.CC(C)(C)c1ccc(Cl)cn1. The number of nitrogens with zero attached hydrogens (tertiary/aromatic N) is 2. The van der Waals surface area contributed by atoms with Crippen molar-refractivity contribution in [2.75, 3.05) is 0 Å². The number of aromatic nitrogens is 2. The Kier molecular flexibility index (Phi) is 8.30. The van der Waals surface area contributed by atoms with Crippen molar-refractivity contribution in [1.29, 1.82) is 0 Å². The lowest BCUT2D eigenvalue weighted by Gasteiger charge is -2.17. The maximum atomic E-state index is 12.2. The molecule has 2 aromatic rings. The molecule has 0 N–H and O–H groups in total. The van der Waals surface area contributed by atoms with Gasteiger partial charge in [-0.15, -0.1) is 0 Å². The van der Waals surface area contributed by atoms with Crippen molar-refractivity contribution >= 4 is 11.6 Å². The highest BCUT2D eigenvalue weighted by atomic mass is 35.5. The molecule has 0 bridgehead atoms. The Balaban J connectivity index is 0.000000475. The Morgan fingerprint density at radius 3 is 1.42 bits per heavy atom. The first-order valence-electron chi connectivity index (χ1n) is 7.87. The third-order valence-electron chi connectivity index (χ3n) is 3.36. The van der Waals surface area contributed by atoms with Crippen molar-refractivity contribution in [3.63, 3.8) is 0 Å². The lowest BCUT2D eigenvalue weighted by Crippen LogP contribution is -2.14. The number of pyridine rings is 2. The van der Waals surface area contributed by atoms with Crippen LogP contribution in [-0.4, -0.2) is 9.97 Å². The van der Waals surface area contributed by atoms with Crippen molar-refractivity contribution in [2.45, 2.75) is 66.0 Å². The second-order valence-electron chi connectivity index (χ2n) is 7.79. The molecule has 146 valence electrons. The molecule has 0 aromatic carbocycles. The number of rotatable bonds is 0. The summed E-state index contributed by atoms with van der Waals surface area (Å²) in [5, 5.41) is 0.693. The van der Waals surface area contributed by atoms with E-state index in [0.29, 0.717) is 10.7 Å². The molecule has 2 heterocycles. The van der Waals surface area contributed by atoms with Gasteiger partial charge in [0.1, 0.15) is 0 Å². The summed E-state index contributed by atoms with van der Waals surface area (Å²) >= 11 is 5.70. The van der Waals surface area contributed by atoms with E-state index in [1.54, 1.807) is 6.20 Å². The van der Waals surface area contributed by atoms with Gasteiger partial charge in [0.25, 0.3) is 0 Å². The molecular formula is C20H28ClF3N2. The first-order valence-corrected chi connectivity index (χ1v) is 8.25. The summed E-state index contributed by atoms with van der Waals surface area (Å²) < 4.78 is 36.5. The molecule has 26 heavy (non-hydrogen) atoms. The minimum absolute atomic E-state index is 0. The molecule has 0 saturated carbocycles. The van der Waals surface area contributed by atoms with Crippen LogP contribution in [0.25, 0.3) is 0 Å². The number of alkyl halides is 3. The summed E-state index contributed by atoms with van der Waals surface area (Å²) in [6, 6.07) is 6.31. The van der Waals surface area contributed by atoms with Crippen molar-refractivity contribution in [1.82, 2.24) is 9.97 Å². The molecule has 2 nitrogen and oxygen atoms in total. The fourth-order valence-electron chi connectivity index (χ4n) is 1.82. The van der Waals surface area contributed by atoms with Crippen molar-refractivity contribution in [3.8, 4) is 0 Å². The molecule has 0 spiro atoms. The van der Waals surface area contributed by atoms with Gasteiger partial charge >= 0.3 is 6.18 Å². The highest BCUT2D eigenvalue weighted by molar-refractivity contribution is 6.30. The van der Waals surface area contributed by atoms with Crippen LogP contribution in [0.3, 0.4) is 0 Å². The Morgan fingerprint density at radius 1 is 0.731 bits per heavy atom. The second-order valence-corrected chi connectivity index (χ2v) is 8.23. The van der Waals surface area contributed by atoms with E-state index in [2.05, 4.69) is 30.7 Å². The largest absolute Gasteiger partial charge is 0.417 e. The van der Waals surface area contributed by atoms with Crippen LogP contribution in [-0.2, 0) is 17.0 Å². The monoisotopic (exact) mass is 388 g/mol. The van der Waals surface area contributed by atoms with Gasteiger partial charge in [0, 0.05) is 34.6 Å². The molecule has 0 fully saturated rings. The third-order valence-corrected chi connectivity index (χ3v) is 3.58. The second kappa shape index (κ2) is 8.85. The van der Waals surface area contributed by atoms with E-state index in [1.165, 1.54) is 6.07 Å². The molecule has 0 aliphatic heterocycles. The van der Waals surface area contributed by atoms with E-state index in [4.69, 9.17) is 11.6 Å². The topological polar surface area (TPSA) is 25.8 Å². The lowest BCUT2D eigenvalue weighted by molar-refractivity contribution is -0.137. The molecule has 0 saturated heterocycles. The van der Waals surface area contributed by atoms with Crippen LogP contribution >= 0.6 is 11.6 Å². The van der Waals surface area contributed by atoms with Gasteiger partial charge in [0.15, 0.2) is 0 Å². The van der Waals surface area contributed by atoms with E-state index >= 15 is 0 Å². The van der Waals surface area contributed by atoms with E-state index in [-0.39, 0.29) is 18.3 Å². The van der Waals surface area contributed by atoms with E-state index in [0.717, 1.165) is 18.0 Å². The zero-order valence-electron chi connectivity index (χ0n) is 15.4. The quantitative estimate of drug-likeness (QED) is 0.482. The molecule has 0 radical (unpaired) electrons. The van der Waals surface area contributed by atoms with Crippen LogP contribution in [0.1, 0.15) is 65.9 Å². The first kappa shape index (κ1) is 24.4. The standard InChI is InChI=1S/C10H12F3N.C9H12ClN.CH4/c1-9(2,3)8-5-4-7(6-14-8)10(11,12)13;1-9(2,3)8-5-4-7(10)6-11-8;/h4-6H,1-3H3;4-6H,1-3H3;1H4. The van der Waals surface area contributed by atoms with E-state index < -0.39 is 11.7 Å². The number of hydrogen-bond acceptors (Lipinski definition) is 2. The molecule has 6 heteroatoms. The Labute approximate surface area is 159 Å². The minimum atomic E-state index is -4.30. The highest BCUT2D eigenvalue weighted by Crippen LogP contribution is 2.29. The Morgan fingerprint density at radius 2 is 1.15 bits per heavy atom. The summed E-state index contributed by atoms with van der Waals surface area (Å²) in [6.45, 7) is 12.1. The zero-order chi connectivity index (χ0) is 19.5. The fourth-order valence-corrected chi connectivity index (χ4v) is 1.94. The first-order chi connectivity index (χ1) is 11.2. The molecule has 0 aliphatic rings. The summed E-state index contributed by atoms with van der Waals surface area (Å²) in [7, 11) is 0. The lowest BCUT2D eigenvalue weighted by atomic mass is 9.91.